The highest BCUT2D eigenvalue weighted by Crippen LogP contribution is 2.29. The molecule has 0 unspecified atom stereocenters. The Bertz CT molecular complexity index is 830. The number of benzene rings is 2. The van der Waals surface area contributed by atoms with E-state index in [1.54, 1.807) is 38.0 Å². The van der Waals surface area contributed by atoms with Gasteiger partial charge in [0.15, 0.2) is 0 Å². The number of para-hydroxylation sites is 2. The van der Waals surface area contributed by atoms with Crippen molar-refractivity contribution in [2.45, 2.75) is 26.8 Å². The monoisotopic (exact) mass is 352 g/mol. The number of carbonyl (C=O) groups is 2. The second-order valence-corrected chi connectivity index (χ2v) is 7.02. The van der Waals surface area contributed by atoms with E-state index in [1.807, 2.05) is 30.3 Å². The maximum atomic E-state index is 13.0. The van der Waals surface area contributed by atoms with Crippen molar-refractivity contribution >= 4 is 17.5 Å². The van der Waals surface area contributed by atoms with Gasteiger partial charge in [-0.05, 0) is 43.5 Å². The van der Waals surface area contributed by atoms with Crippen LogP contribution in [0.3, 0.4) is 0 Å². The van der Waals surface area contributed by atoms with Crippen molar-refractivity contribution in [2.75, 3.05) is 19.0 Å². The van der Waals surface area contributed by atoms with E-state index in [9.17, 15) is 9.59 Å². The number of nitrogens with one attached hydrogen (secondary N) is 1. The first-order valence-corrected chi connectivity index (χ1v) is 8.74. The van der Waals surface area contributed by atoms with Crippen LogP contribution in [0.5, 0.6) is 5.75 Å². The molecule has 0 bridgehead atoms. The lowest BCUT2D eigenvalue weighted by atomic mass is 9.88. The number of ether oxygens (including phenoxy) is 1. The summed E-state index contributed by atoms with van der Waals surface area (Å²) in [7, 11) is 1.55. The first-order chi connectivity index (χ1) is 12.4. The van der Waals surface area contributed by atoms with E-state index in [2.05, 4.69) is 11.4 Å². The Kier molecular flexibility index (Phi) is 4.98. The quantitative estimate of drug-likeness (QED) is 0.860. The van der Waals surface area contributed by atoms with Crippen LogP contribution in [0.2, 0.25) is 0 Å². The molecule has 136 valence electrons. The highest BCUT2D eigenvalue weighted by Gasteiger charge is 2.40. The molecule has 0 radical (unpaired) electrons. The lowest BCUT2D eigenvalue weighted by Gasteiger charge is -2.34. The number of carbonyl (C=O) groups excluding carboxylic acids is 2. The molecule has 0 aromatic heterocycles. The van der Waals surface area contributed by atoms with Gasteiger partial charge in [-0.3, -0.25) is 9.59 Å². The van der Waals surface area contributed by atoms with Gasteiger partial charge in [-0.15, -0.1) is 0 Å². The Morgan fingerprint density at radius 2 is 1.69 bits per heavy atom. The van der Waals surface area contributed by atoms with E-state index in [4.69, 9.17) is 4.74 Å². The van der Waals surface area contributed by atoms with E-state index < -0.39 is 5.41 Å². The van der Waals surface area contributed by atoms with Crippen LogP contribution in [-0.4, -0.2) is 30.4 Å². The molecule has 1 N–H and O–H groups in total. The molecular formula is C21H24N2O3. The smallest absolute Gasteiger partial charge is 0.239 e. The van der Waals surface area contributed by atoms with Crippen LogP contribution in [0.1, 0.15) is 25.0 Å². The van der Waals surface area contributed by atoms with Gasteiger partial charge in [0.05, 0.1) is 12.8 Å². The van der Waals surface area contributed by atoms with Gasteiger partial charge in [-0.1, -0.05) is 36.4 Å². The summed E-state index contributed by atoms with van der Waals surface area (Å²) in [5.74, 6) is 0.0567. The topological polar surface area (TPSA) is 58.6 Å². The number of nitrogens with zero attached hydrogens (tertiary/aromatic N) is 1. The molecule has 5 nitrogen and oxygen atoms in total. The molecule has 1 heterocycles. The van der Waals surface area contributed by atoms with Gasteiger partial charge in [-0.2, -0.15) is 0 Å². The SMILES string of the molecule is COc1ccccc1NC(=O)C(C)(C)C(=O)N1CCc2ccccc2C1. The predicted octanol–water partition coefficient (Wildman–Crippen LogP) is 3.24. The van der Waals surface area contributed by atoms with Gasteiger partial charge >= 0.3 is 0 Å². The molecular weight excluding hydrogens is 328 g/mol. The van der Waals surface area contributed by atoms with Crippen molar-refractivity contribution in [3.63, 3.8) is 0 Å². The largest absolute Gasteiger partial charge is 0.495 e. The van der Waals surface area contributed by atoms with E-state index in [0.29, 0.717) is 24.5 Å². The van der Waals surface area contributed by atoms with Crippen molar-refractivity contribution in [3.05, 3.63) is 59.7 Å². The number of amides is 2. The lowest BCUT2D eigenvalue weighted by Crippen LogP contribution is -2.48. The fourth-order valence-corrected chi connectivity index (χ4v) is 3.19. The molecule has 2 amide bonds. The molecule has 1 aliphatic rings. The van der Waals surface area contributed by atoms with Crippen LogP contribution < -0.4 is 10.1 Å². The third-order valence-electron chi connectivity index (χ3n) is 4.88. The molecule has 2 aromatic carbocycles. The standard InChI is InChI=1S/C21H24N2O3/c1-21(2,19(24)22-17-10-6-7-11-18(17)26-3)20(25)23-13-12-15-8-4-5-9-16(15)14-23/h4-11H,12-14H2,1-3H3,(H,22,24). The first-order valence-electron chi connectivity index (χ1n) is 8.74. The van der Waals surface area contributed by atoms with Crippen LogP contribution in [0, 0.1) is 5.41 Å². The third-order valence-corrected chi connectivity index (χ3v) is 4.88. The van der Waals surface area contributed by atoms with Crippen molar-refractivity contribution in [3.8, 4) is 5.75 Å². The molecule has 0 saturated carbocycles. The minimum atomic E-state index is -1.17. The summed E-state index contributed by atoms with van der Waals surface area (Å²) in [4.78, 5) is 27.6. The van der Waals surface area contributed by atoms with Crippen LogP contribution in [-0.2, 0) is 22.6 Å². The van der Waals surface area contributed by atoms with Crippen LogP contribution in [0.4, 0.5) is 5.69 Å². The molecule has 2 aromatic rings. The van der Waals surface area contributed by atoms with Gasteiger partial charge in [0.25, 0.3) is 0 Å². The number of fused-ring (bicyclic) bond motifs is 1. The molecule has 0 saturated heterocycles. The van der Waals surface area contributed by atoms with Crippen molar-refractivity contribution in [1.29, 1.82) is 0 Å². The molecule has 0 atom stereocenters. The van der Waals surface area contributed by atoms with Gasteiger partial charge in [0.2, 0.25) is 11.8 Å². The third kappa shape index (κ3) is 3.43. The Labute approximate surface area is 154 Å². The number of rotatable bonds is 4. The Balaban J connectivity index is 1.75. The zero-order valence-electron chi connectivity index (χ0n) is 15.4. The summed E-state index contributed by atoms with van der Waals surface area (Å²) < 4.78 is 5.26. The number of hydrogen-bond acceptors (Lipinski definition) is 3. The molecule has 1 aliphatic heterocycles. The first kappa shape index (κ1) is 18.0. The molecule has 0 fully saturated rings. The fourth-order valence-electron chi connectivity index (χ4n) is 3.19. The van der Waals surface area contributed by atoms with E-state index in [0.717, 1.165) is 12.0 Å². The van der Waals surface area contributed by atoms with Gasteiger partial charge < -0.3 is 15.0 Å². The second-order valence-electron chi connectivity index (χ2n) is 7.02. The molecule has 0 spiro atoms. The Hall–Kier alpha value is -2.82. The number of methoxy groups -OCH3 is 1. The van der Waals surface area contributed by atoms with Crippen LogP contribution in [0.25, 0.3) is 0 Å². The van der Waals surface area contributed by atoms with Gasteiger partial charge in [0, 0.05) is 13.1 Å². The minimum Gasteiger partial charge on any atom is -0.495 e. The summed E-state index contributed by atoms with van der Waals surface area (Å²) >= 11 is 0. The van der Waals surface area contributed by atoms with Crippen molar-refractivity contribution < 1.29 is 14.3 Å². The minimum absolute atomic E-state index is 0.167. The Morgan fingerprint density at radius 1 is 1.04 bits per heavy atom. The van der Waals surface area contributed by atoms with E-state index in [-0.39, 0.29) is 11.8 Å². The maximum absolute atomic E-state index is 13.0. The highest BCUT2D eigenvalue weighted by atomic mass is 16.5. The highest BCUT2D eigenvalue weighted by molar-refractivity contribution is 6.10. The Morgan fingerprint density at radius 3 is 2.42 bits per heavy atom. The number of anilines is 1. The average Bonchev–Trinajstić information content (AvgIpc) is 2.67. The molecule has 3 rings (SSSR count). The summed E-state index contributed by atoms with van der Waals surface area (Å²) in [5, 5.41) is 2.83. The normalized spacial score (nSPS) is 13.7. The zero-order valence-corrected chi connectivity index (χ0v) is 15.4. The van der Waals surface area contributed by atoms with Crippen LogP contribution in [0.15, 0.2) is 48.5 Å². The van der Waals surface area contributed by atoms with Gasteiger partial charge in [-0.25, -0.2) is 0 Å². The van der Waals surface area contributed by atoms with Crippen LogP contribution >= 0.6 is 0 Å². The van der Waals surface area contributed by atoms with Crippen molar-refractivity contribution in [1.82, 2.24) is 4.90 Å². The number of hydrogen-bond donors (Lipinski definition) is 1. The van der Waals surface area contributed by atoms with Gasteiger partial charge in [0.1, 0.15) is 11.2 Å². The van der Waals surface area contributed by atoms with E-state index in [1.165, 1.54) is 5.56 Å². The molecule has 0 aliphatic carbocycles. The molecule has 26 heavy (non-hydrogen) atoms. The lowest BCUT2D eigenvalue weighted by molar-refractivity contribution is -0.147. The van der Waals surface area contributed by atoms with E-state index >= 15 is 0 Å². The maximum Gasteiger partial charge on any atom is 0.239 e. The summed E-state index contributed by atoms with van der Waals surface area (Å²) in [6, 6.07) is 15.3. The summed E-state index contributed by atoms with van der Waals surface area (Å²) in [6.07, 6.45) is 0.812. The summed E-state index contributed by atoms with van der Waals surface area (Å²) in [6.45, 7) is 4.50. The predicted molar refractivity (Wildman–Crippen MR) is 101 cm³/mol. The average molecular weight is 352 g/mol. The zero-order chi connectivity index (χ0) is 18.7. The second kappa shape index (κ2) is 7.20. The van der Waals surface area contributed by atoms with Crippen molar-refractivity contribution in [2.24, 2.45) is 5.41 Å². The summed E-state index contributed by atoms with van der Waals surface area (Å²) in [5.41, 5.74) is 1.80. The fraction of sp³-hybridized carbons (Fsp3) is 0.333. The molecule has 5 heteroatoms.